The Morgan fingerprint density at radius 1 is 1.33 bits per heavy atom. The van der Waals surface area contributed by atoms with Crippen LogP contribution in [0.1, 0.15) is 45.2 Å². The molecule has 1 aliphatic heterocycles. The van der Waals surface area contributed by atoms with Crippen LogP contribution in [0, 0.1) is 11.8 Å². The predicted molar refractivity (Wildman–Crippen MR) is 75.7 cm³/mol. The smallest absolute Gasteiger partial charge is 0.120 e. The summed E-state index contributed by atoms with van der Waals surface area (Å²) in [6.45, 7) is 9.17. The number of nitrogens with zero attached hydrogens (tertiary/aromatic N) is 1. The molecule has 2 rings (SSSR count). The third-order valence-electron chi connectivity index (χ3n) is 4.32. The summed E-state index contributed by atoms with van der Waals surface area (Å²) in [5.41, 5.74) is 1.09. The van der Waals surface area contributed by atoms with Gasteiger partial charge in [0, 0.05) is 18.2 Å². The van der Waals surface area contributed by atoms with Crippen molar-refractivity contribution < 1.29 is 5.11 Å². The lowest BCUT2D eigenvalue weighted by molar-refractivity contribution is 0.218. The molecule has 1 saturated heterocycles. The van der Waals surface area contributed by atoms with Crippen molar-refractivity contribution in [3.8, 4) is 5.75 Å². The molecule has 1 heterocycles. The van der Waals surface area contributed by atoms with E-state index in [-0.39, 0.29) is 0 Å². The maximum atomic E-state index is 10.0. The number of aromatic hydroxyl groups is 1. The van der Waals surface area contributed by atoms with E-state index in [1.807, 2.05) is 12.1 Å². The fraction of sp³-hybridized carbons (Fsp3) is 0.625. The molecule has 0 amide bonds. The van der Waals surface area contributed by atoms with Crippen LogP contribution < -0.4 is 0 Å². The number of hydrogen-bond donors (Lipinski definition) is 1. The van der Waals surface area contributed by atoms with Crippen molar-refractivity contribution in [2.75, 3.05) is 13.1 Å². The Hall–Kier alpha value is -1.02. The normalized spacial score (nSPS) is 22.6. The van der Waals surface area contributed by atoms with Crippen LogP contribution in [0.25, 0.3) is 0 Å². The van der Waals surface area contributed by atoms with Gasteiger partial charge in [-0.25, -0.2) is 0 Å². The van der Waals surface area contributed by atoms with E-state index < -0.39 is 0 Å². The largest absolute Gasteiger partial charge is 0.508 e. The number of hydrogen-bond acceptors (Lipinski definition) is 2. The van der Waals surface area contributed by atoms with Gasteiger partial charge in [0.2, 0.25) is 0 Å². The van der Waals surface area contributed by atoms with E-state index in [0.29, 0.717) is 11.8 Å². The number of phenols is 1. The third-order valence-corrected chi connectivity index (χ3v) is 4.32. The van der Waals surface area contributed by atoms with E-state index in [9.17, 15) is 5.11 Å². The van der Waals surface area contributed by atoms with Gasteiger partial charge in [0.05, 0.1) is 0 Å². The maximum absolute atomic E-state index is 10.0. The summed E-state index contributed by atoms with van der Waals surface area (Å²) in [4.78, 5) is 2.54. The summed E-state index contributed by atoms with van der Waals surface area (Å²) in [6.07, 6.45) is 2.35. The Labute approximate surface area is 111 Å². The molecule has 18 heavy (non-hydrogen) atoms. The molecule has 2 atom stereocenters. The molecule has 1 aromatic carbocycles. The van der Waals surface area contributed by atoms with Crippen molar-refractivity contribution in [2.24, 2.45) is 11.8 Å². The van der Waals surface area contributed by atoms with Crippen LogP contribution in [0.4, 0.5) is 0 Å². The molecule has 1 aliphatic rings. The highest BCUT2D eigenvalue weighted by Crippen LogP contribution is 2.35. The first-order valence-corrected chi connectivity index (χ1v) is 7.15. The zero-order valence-electron chi connectivity index (χ0n) is 11.8. The lowest BCUT2D eigenvalue weighted by atomic mass is 9.95. The van der Waals surface area contributed by atoms with Crippen molar-refractivity contribution in [1.29, 1.82) is 0 Å². The van der Waals surface area contributed by atoms with Gasteiger partial charge in [-0.3, -0.25) is 4.90 Å². The van der Waals surface area contributed by atoms with Gasteiger partial charge >= 0.3 is 0 Å². The van der Waals surface area contributed by atoms with Crippen LogP contribution in [-0.2, 0) is 0 Å². The van der Waals surface area contributed by atoms with Crippen LogP contribution in [-0.4, -0.2) is 23.1 Å². The molecule has 1 N–H and O–H groups in total. The van der Waals surface area contributed by atoms with Gasteiger partial charge in [-0.2, -0.15) is 0 Å². The molecule has 0 spiro atoms. The van der Waals surface area contributed by atoms with E-state index >= 15 is 0 Å². The van der Waals surface area contributed by atoms with Crippen molar-refractivity contribution >= 4 is 0 Å². The van der Waals surface area contributed by atoms with Crippen molar-refractivity contribution in [3.63, 3.8) is 0 Å². The molecule has 100 valence electrons. The van der Waals surface area contributed by atoms with Crippen molar-refractivity contribution in [2.45, 2.75) is 39.7 Å². The van der Waals surface area contributed by atoms with Gasteiger partial charge in [-0.05, 0) is 37.3 Å². The minimum absolute atomic E-state index is 0.370. The van der Waals surface area contributed by atoms with Crippen LogP contribution in [0.15, 0.2) is 24.3 Å². The molecule has 2 unspecified atom stereocenters. The summed E-state index contributed by atoms with van der Waals surface area (Å²) in [7, 11) is 0. The van der Waals surface area contributed by atoms with Gasteiger partial charge in [-0.1, -0.05) is 39.0 Å². The van der Waals surface area contributed by atoms with Crippen LogP contribution >= 0.6 is 0 Å². The van der Waals surface area contributed by atoms with Crippen molar-refractivity contribution in [1.82, 2.24) is 4.90 Å². The first kappa shape index (κ1) is 13.4. The van der Waals surface area contributed by atoms with Crippen molar-refractivity contribution in [3.05, 3.63) is 29.8 Å². The van der Waals surface area contributed by atoms with Gasteiger partial charge in [-0.15, -0.1) is 0 Å². The molecular weight excluding hydrogens is 222 g/mol. The first-order chi connectivity index (χ1) is 8.63. The molecule has 1 aromatic rings. The topological polar surface area (TPSA) is 23.5 Å². The second-order valence-corrected chi connectivity index (χ2v) is 5.77. The number of benzene rings is 1. The highest BCUT2D eigenvalue weighted by molar-refractivity contribution is 5.34. The standard InChI is InChI=1S/C16H25NO/c1-4-15(14-7-5-6-8-16(14)18)17-10-9-13(11-17)12(2)3/h5-8,12-13,15,18H,4,9-11H2,1-3H3. The Morgan fingerprint density at radius 3 is 2.61 bits per heavy atom. The van der Waals surface area contributed by atoms with Gasteiger partial charge in [0.15, 0.2) is 0 Å². The second-order valence-electron chi connectivity index (χ2n) is 5.77. The summed E-state index contributed by atoms with van der Waals surface area (Å²) in [6, 6.07) is 8.15. The summed E-state index contributed by atoms with van der Waals surface area (Å²) in [5.74, 6) is 2.01. The average molecular weight is 247 g/mol. The van der Waals surface area contributed by atoms with Gasteiger partial charge in [0.25, 0.3) is 0 Å². The summed E-state index contributed by atoms with van der Waals surface area (Å²) >= 11 is 0. The molecule has 0 saturated carbocycles. The van der Waals surface area contributed by atoms with Gasteiger partial charge < -0.3 is 5.11 Å². The number of likely N-dealkylation sites (tertiary alicyclic amines) is 1. The summed E-state index contributed by atoms with van der Waals surface area (Å²) < 4.78 is 0. The molecule has 0 radical (unpaired) electrons. The molecule has 1 fully saturated rings. The monoisotopic (exact) mass is 247 g/mol. The Kier molecular flexibility index (Phi) is 4.28. The van der Waals surface area contributed by atoms with E-state index in [1.165, 1.54) is 13.0 Å². The fourth-order valence-corrected chi connectivity index (χ4v) is 3.09. The van der Waals surface area contributed by atoms with E-state index in [1.54, 1.807) is 6.07 Å². The fourth-order valence-electron chi connectivity index (χ4n) is 3.09. The average Bonchev–Trinajstić information content (AvgIpc) is 2.82. The lowest BCUT2D eigenvalue weighted by Gasteiger charge is -2.28. The lowest BCUT2D eigenvalue weighted by Crippen LogP contribution is -2.27. The van der Waals surface area contributed by atoms with Crippen LogP contribution in [0.3, 0.4) is 0 Å². The Balaban J connectivity index is 2.13. The highest BCUT2D eigenvalue weighted by Gasteiger charge is 2.30. The molecule has 2 nitrogen and oxygen atoms in total. The highest BCUT2D eigenvalue weighted by atomic mass is 16.3. The quantitative estimate of drug-likeness (QED) is 0.874. The van der Waals surface area contributed by atoms with E-state index in [0.717, 1.165) is 30.4 Å². The van der Waals surface area contributed by atoms with Crippen LogP contribution in [0.5, 0.6) is 5.75 Å². The van der Waals surface area contributed by atoms with E-state index in [4.69, 9.17) is 0 Å². The first-order valence-electron chi connectivity index (χ1n) is 7.15. The predicted octanol–water partition coefficient (Wildman–Crippen LogP) is 3.82. The van der Waals surface area contributed by atoms with E-state index in [2.05, 4.69) is 31.7 Å². The molecule has 2 heteroatoms. The number of rotatable bonds is 4. The minimum atomic E-state index is 0.370. The maximum Gasteiger partial charge on any atom is 0.120 e. The molecule has 0 aromatic heterocycles. The number of phenolic OH excluding ortho intramolecular Hbond substituents is 1. The zero-order chi connectivity index (χ0) is 13.1. The Bertz CT molecular complexity index is 388. The number of para-hydroxylation sites is 1. The third kappa shape index (κ3) is 2.69. The molecule has 0 aliphatic carbocycles. The Morgan fingerprint density at radius 2 is 2.06 bits per heavy atom. The zero-order valence-corrected chi connectivity index (χ0v) is 11.8. The SMILES string of the molecule is CCC(c1ccccc1O)N1CCC(C(C)C)C1. The molecular formula is C16H25NO. The molecule has 0 bridgehead atoms. The van der Waals surface area contributed by atoms with Crippen LogP contribution in [0.2, 0.25) is 0 Å². The minimum Gasteiger partial charge on any atom is -0.508 e. The summed E-state index contributed by atoms with van der Waals surface area (Å²) in [5, 5.41) is 10.0. The van der Waals surface area contributed by atoms with Gasteiger partial charge in [0.1, 0.15) is 5.75 Å². The second kappa shape index (κ2) is 5.75.